The molecule has 0 aliphatic carbocycles. The molecule has 12 atom stereocenters. The van der Waals surface area contributed by atoms with Gasteiger partial charge in [0.15, 0.2) is 12.6 Å². The van der Waals surface area contributed by atoms with Crippen LogP contribution in [0.15, 0.2) is 24.3 Å². The van der Waals surface area contributed by atoms with Crippen LogP contribution in [-0.2, 0) is 23.7 Å². The van der Waals surface area contributed by atoms with E-state index in [1.807, 2.05) is 6.08 Å². The molecule has 0 spiro atoms. The van der Waals surface area contributed by atoms with Gasteiger partial charge in [0.05, 0.1) is 32.0 Å². The molecule has 0 bridgehead atoms. The fourth-order valence-corrected chi connectivity index (χ4v) is 7.33. The van der Waals surface area contributed by atoms with Gasteiger partial charge in [0.2, 0.25) is 5.91 Å². The Bertz CT molecular complexity index is 1080. The van der Waals surface area contributed by atoms with Crippen LogP contribution in [0, 0.1) is 0 Å². The van der Waals surface area contributed by atoms with E-state index in [2.05, 4.69) is 31.3 Å². The molecule has 9 N–H and O–H groups in total. The first-order valence-electron chi connectivity index (χ1n) is 22.6. The largest absolute Gasteiger partial charge is 0.394 e. The monoisotopic (exact) mass is 832 g/mol. The van der Waals surface area contributed by atoms with E-state index < -0.39 is 86.8 Å². The van der Waals surface area contributed by atoms with Crippen molar-refractivity contribution in [3.63, 3.8) is 0 Å². The number of allylic oxidation sites excluding steroid dienone is 3. The molecule has 0 aromatic carbocycles. The Labute approximate surface area is 348 Å². The van der Waals surface area contributed by atoms with Crippen LogP contribution in [0.3, 0.4) is 0 Å². The maximum Gasteiger partial charge on any atom is 0.220 e. The van der Waals surface area contributed by atoms with Gasteiger partial charge in [0.1, 0.15) is 48.8 Å². The molecule has 0 aromatic rings. The Morgan fingerprint density at radius 2 is 1.10 bits per heavy atom. The zero-order valence-electron chi connectivity index (χ0n) is 35.5. The second kappa shape index (κ2) is 32.2. The average molecular weight is 832 g/mol. The van der Waals surface area contributed by atoms with Gasteiger partial charge in [-0.25, -0.2) is 0 Å². The molecule has 0 saturated carbocycles. The number of nitrogens with one attached hydrogen (secondary N) is 1. The van der Waals surface area contributed by atoms with Crippen molar-refractivity contribution in [2.24, 2.45) is 0 Å². The van der Waals surface area contributed by atoms with Crippen molar-refractivity contribution in [1.29, 1.82) is 0 Å². The Morgan fingerprint density at radius 1 is 0.603 bits per heavy atom. The lowest BCUT2D eigenvalue weighted by atomic mass is 9.97. The number of carbonyl (C=O) groups is 1. The topological polar surface area (TPSA) is 228 Å². The number of aliphatic hydroxyl groups excluding tert-OH is 8. The van der Waals surface area contributed by atoms with Gasteiger partial charge in [-0.3, -0.25) is 4.79 Å². The van der Waals surface area contributed by atoms with E-state index in [-0.39, 0.29) is 18.9 Å². The predicted molar refractivity (Wildman–Crippen MR) is 221 cm³/mol. The third-order valence-electron chi connectivity index (χ3n) is 11.1. The van der Waals surface area contributed by atoms with Crippen molar-refractivity contribution in [1.82, 2.24) is 5.32 Å². The van der Waals surface area contributed by atoms with Gasteiger partial charge in [-0.1, -0.05) is 134 Å². The lowest BCUT2D eigenvalue weighted by molar-refractivity contribution is -0.359. The molecule has 2 aliphatic rings. The highest BCUT2D eigenvalue weighted by atomic mass is 16.7. The summed E-state index contributed by atoms with van der Waals surface area (Å²) in [7, 11) is 0. The van der Waals surface area contributed by atoms with Gasteiger partial charge in [0.25, 0.3) is 0 Å². The highest BCUT2D eigenvalue weighted by molar-refractivity contribution is 5.76. The van der Waals surface area contributed by atoms with Gasteiger partial charge in [-0.15, -0.1) is 0 Å². The summed E-state index contributed by atoms with van der Waals surface area (Å²) in [4.78, 5) is 13.1. The summed E-state index contributed by atoms with van der Waals surface area (Å²) in [6.45, 7) is 2.70. The molecule has 2 aliphatic heterocycles. The number of aliphatic hydroxyl groups is 8. The summed E-state index contributed by atoms with van der Waals surface area (Å²) in [5, 5.41) is 86.3. The van der Waals surface area contributed by atoms with Crippen molar-refractivity contribution in [2.45, 2.75) is 229 Å². The Balaban J connectivity index is 1.92. The number of amides is 1. The first kappa shape index (κ1) is 52.6. The Hall–Kier alpha value is -1.53. The smallest absolute Gasteiger partial charge is 0.220 e. The fourth-order valence-electron chi connectivity index (χ4n) is 7.33. The number of rotatable bonds is 33. The van der Waals surface area contributed by atoms with Crippen LogP contribution in [0.25, 0.3) is 0 Å². The summed E-state index contributed by atoms with van der Waals surface area (Å²) >= 11 is 0. The second-order valence-electron chi connectivity index (χ2n) is 16.2. The van der Waals surface area contributed by atoms with Gasteiger partial charge < -0.3 is 65.1 Å². The summed E-state index contributed by atoms with van der Waals surface area (Å²) in [6.07, 6.45) is 15.1. The summed E-state index contributed by atoms with van der Waals surface area (Å²) in [5.41, 5.74) is 0. The molecular weight excluding hydrogens is 750 g/mol. The zero-order chi connectivity index (χ0) is 42.5. The lowest BCUT2D eigenvalue weighted by Gasteiger charge is -2.46. The zero-order valence-corrected chi connectivity index (χ0v) is 35.5. The maximum atomic E-state index is 13.1. The van der Waals surface area contributed by atoms with Crippen LogP contribution in [0.4, 0.5) is 0 Å². The van der Waals surface area contributed by atoms with E-state index in [1.54, 1.807) is 6.08 Å². The second-order valence-corrected chi connectivity index (χ2v) is 16.2. The van der Waals surface area contributed by atoms with Crippen LogP contribution in [0.2, 0.25) is 0 Å². The van der Waals surface area contributed by atoms with Gasteiger partial charge in [-0.05, 0) is 38.5 Å². The van der Waals surface area contributed by atoms with Gasteiger partial charge in [0, 0.05) is 6.42 Å². The Kier molecular flexibility index (Phi) is 29.2. The fraction of sp³-hybridized carbons (Fsp3) is 0.886. The van der Waals surface area contributed by atoms with E-state index in [1.165, 1.54) is 70.6 Å². The summed E-state index contributed by atoms with van der Waals surface area (Å²) < 4.78 is 22.6. The van der Waals surface area contributed by atoms with Crippen molar-refractivity contribution in [3.8, 4) is 0 Å². The van der Waals surface area contributed by atoms with E-state index in [0.29, 0.717) is 6.42 Å². The molecular formula is C44H81NO13. The predicted octanol–water partition coefficient (Wildman–Crippen LogP) is 4.21. The summed E-state index contributed by atoms with van der Waals surface area (Å²) in [6, 6.07) is -0.913. The average Bonchev–Trinajstić information content (AvgIpc) is 3.22. The molecule has 2 heterocycles. The van der Waals surface area contributed by atoms with Crippen LogP contribution in [0.1, 0.15) is 155 Å². The minimum Gasteiger partial charge on any atom is -0.394 e. The SMILES string of the molecule is CCCC/C=C\CCCCCCCC(=O)NC(COC1OC(CO)C(OC2OC(CO)C(O)C(O)C2O)C(O)C1O)C(O)/C=C/CCCCCCCCCCCCC. The molecule has 2 fully saturated rings. The molecule has 1 amide bonds. The minimum atomic E-state index is -1.79. The summed E-state index contributed by atoms with van der Waals surface area (Å²) in [5.74, 6) is -0.253. The number of ether oxygens (including phenoxy) is 4. The number of unbranched alkanes of at least 4 members (excludes halogenated alkanes) is 18. The molecule has 0 aromatic heterocycles. The normalized spacial score (nSPS) is 29.0. The number of hydrogen-bond acceptors (Lipinski definition) is 13. The molecule has 14 heteroatoms. The molecule has 340 valence electrons. The van der Waals surface area contributed by atoms with E-state index in [4.69, 9.17) is 18.9 Å². The molecule has 2 saturated heterocycles. The molecule has 0 radical (unpaired) electrons. The van der Waals surface area contributed by atoms with E-state index in [0.717, 1.165) is 57.8 Å². The van der Waals surface area contributed by atoms with E-state index >= 15 is 0 Å². The third kappa shape index (κ3) is 20.4. The first-order chi connectivity index (χ1) is 28.1. The lowest BCUT2D eigenvalue weighted by Crippen LogP contribution is -2.65. The highest BCUT2D eigenvalue weighted by Crippen LogP contribution is 2.30. The maximum absolute atomic E-state index is 13.1. The van der Waals surface area contributed by atoms with Crippen molar-refractivity contribution in [3.05, 3.63) is 24.3 Å². The molecule has 14 nitrogen and oxygen atoms in total. The standard InChI is InChI=1S/C44H81NO13/c1-3-5-7-9-11-13-15-16-18-19-21-23-25-27-33(48)32(45-36(49)28-26-24-22-20-17-14-12-10-8-6-4-2)31-55-43-41(54)39(52)42(35(30-47)57-43)58-44-40(53)38(51)37(50)34(29-46)56-44/h10,12,25,27,32-35,37-44,46-48,50-54H,3-9,11,13-24,26,28-31H2,1-2H3,(H,45,49)/b12-10-,27-25+. The van der Waals surface area contributed by atoms with Crippen LogP contribution in [-0.4, -0.2) is 140 Å². The number of carbonyl (C=O) groups excluding carboxylic acids is 1. The minimum absolute atomic E-state index is 0.253. The van der Waals surface area contributed by atoms with Crippen LogP contribution >= 0.6 is 0 Å². The van der Waals surface area contributed by atoms with Crippen molar-refractivity contribution in [2.75, 3.05) is 19.8 Å². The highest BCUT2D eigenvalue weighted by Gasteiger charge is 2.50. The molecule has 12 unspecified atom stereocenters. The Morgan fingerprint density at radius 3 is 1.69 bits per heavy atom. The third-order valence-corrected chi connectivity index (χ3v) is 11.1. The van der Waals surface area contributed by atoms with Gasteiger partial charge >= 0.3 is 0 Å². The first-order valence-corrected chi connectivity index (χ1v) is 22.6. The van der Waals surface area contributed by atoms with Crippen LogP contribution in [0.5, 0.6) is 0 Å². The number of hydrogen-bond donors (Lipinski definition) is 9. The van der Waals surface area contributed by atoms with Gasteiger partial charge in [-0.2, -0.15) is 0 Å². The quantitative estimate of drug-likeness (QED) is 0.0334. The molecule has 2 rings (SSSR count). The van der Waals surface area contributed by atoms with Crippen molar-refractivity contribution >= 4 is 5.91 Å². The van der Waals surface area contributed by atoms with Crippen LogP contribution < -0.4 is 5.32 Å². The van der Waals surface area contributed by atoms with E-state index in [9.17, 15) is 45.6 Å². The molecule has 58 heavy (non-hydrogen) atoms. The van der Waals surface area contributed by atoms with Crippen molar-refractivity contribution < 1.29 is 64.6 Å².